The average molecular weight is 465 g/mol. The Kier molecular flexibility index (Phi) is 6.85. The summed E-state index contributed by atoms with van der Waals surface area (Å²) in [6.07, 6.45) is -6.92. The number of piperidine rings is 1. The third kappa shape index (κ3) is 5.71. The van der Waals surface area contributed by atoms with Crippen molar-refractivity contribution in [1.82, 2.24) is 4.90 Å². The van der Waals surface area contributed by atoms with Gasteiger partial charge in [0.1, 0.15) is 0 Å². The molecule has 3 nitrogen and oxygen atoms in total. The Morgan fingerprint density at radius 3 is 2.29 bits per heavy atom. The van der Waals surface area contributed by atoms with Gasteiger partial charge in [0.05, 0.1) is 28.4 Å². The second-order valence-electron chi connectivity index (χ2n) is 7.31. The number of para-hydroxylation sites is 1. The fourth-order valence-corrected chi connectivity index (χ4v) is 3.92. The number of amides is 1. The molecule has 0 radical (unpaired) electrons. The molecule has 2 aromatic rings. The van der Waals surface area contributed by atoms with E-state index in [2.05, 4.69) is 5.32 Å². The lowest BCUT2D eigenvalue weighted by atomic mass is 9.94. The number of nitrogens with zero attached hydrogens (tertiary/aromatic N) is 1. The van der Waals surface area contributed by atoms with E-state index in [9.17, 15) is 31.1 Å². The first kappa shape index (κ1) is 23.4. The number of nitrogens with one attached hydrogen (secondary N) is 1. The zero-order valence-corrected chi connectivity index (χ0v) is 16.9. The molecule has 1 fully saturated rings. The third-order valence-electron chi connectivity index (χ3n) is 5.17. The van der Waals surface area contributed by atoms with Crippen LogP contribution in [0.3, 0.4) is 0 Å². The van der Waals surface area contributed by atoms with Crippen LogP contribution >= 0.6 is 11.6 Å². The summed E-state index contributed by atoms with van der Waals surface area (Å²) in [6, 6.07) is 7.63. The summed E-state index contributed by atoms with van der Waals surface area (Å²) in [5.74, 6) is -0.683. The molecule has 1 saturated heterocycles. The Morgan fingerprint density at radius 1 is 1.00 bits per heavy atom. The maximum Gasteiger partial charge on any atom is 0.418 e. The molecule has 0 aromatic heterocycles. The quantitative estimate of drug-likeness (QED) is 0.521. The van der Waals surface area contributed by atoms with Gasteiger partial charge in [0, 0.05) is 6.04 Å². The van der Waals surface area contributed by atoms with E-state index in [0.717, 1.165) is 37.1 Å². The molecule has 3 rings (SSSR count). The number of carbonyl (C=O) groups is 1. The fraction of sp³-hybridized carbons (Fsp3) is 0.381. The van der Waals surface area contributed by atoms with Gasteiger partial charge in [-0.05, 0) is 49.2 Å². The second-order valence-corrected chi connectivity index (χ2v) is 7.72. The van der Waals surface area contributed by atoms with Crippen LogP contribution in [0.15, 0.2) is 42.5 Å². The Bertz CT molecular complexity index is 927. The van der Waals surface area contributed by atoms with Crippen LogP contribution in [0.4, 0.5) is 32.0 Å². The van der Waals surface area contributed by atoms with Gasteiger partial charge in [-0.1, -0.05) is 36.2 Å². The first-order chi connectivity index (χ1) is 14.5. The Balaban J connectivity index is 1.76. The van der Waals surface area contributed by atoms with E-state index in [1.807, 2.05) is 0 Å². The molecule has 1 N–H and O–H groups in total. The van der Waals surface area contributed by atoms with Crippen LogP contribution in [-0.2, 0) is 17.1 Å². The highest BCUT2D eigenvalue weighted by Gasteiger charge is 2.35. The largest absolute Gasteiger partial charge is 0.418 e. The number of alkyl halides is 6. The van der Waals surface area contributed by atoms with Crippen LogP contribution in [0.2, 0.25) is 5.02 Å². The van der Waals surface area contributed by atoms with Crippen LogP contribution in [-0.4, -0.2) is 23.9 Å². The lowest BCUT2D eigenvalue weighted by Gasteiger charge is -2.35. The first-order valence-corrected chi connectivity index (χ1v) is 9.91. The molecule has 0 aliphatic carbocycles. The van der Waals surface area contributed by atoms with Crippen LogP contribution in [0.1, 0.15) is 42.0 Å². The number of anilines is 1. The highest BCUT2D eigenvalue weighted by atomic mass is 35.5. The number of halogens is 7. The first-order valence-electron chi connectivity index (χ1n) is 9.53. The second kappa shape index (κ2) is 9.08. The van der Waals surface area contributed by atoms with Crippen LogP contribution < -0.4 is 5.32 Å². The number of hydrogen-bond donors (Lipinski definition) is 1. The molecule has 1 aliphatic rings. The van der Waals surface area contributed by atoms with Gasteiger partial charge in [0.15, 0.2) is 0 Å². The maximum atomic E-state index is 13.2. The smallest absolute Gasteiger partial charge is 0.323 e. The van der Waals surface area contributed by atoms with E-state index >= 15 is 0 Å². The molecule has 0 bridgehead atoms. The van der Waals surface area contributed by atoms with Crippen molar-refractivity contribution < 1.29 is 31.1 Å². The molecule has 168 valence electrons. The topological polar surface area (TPSA) is 32.3 Å². The highest BCUT2D eigenvalue weighted by molar-refractivity contribution is 6.34. The van der Waals surface area contributed by atoms with Gasteiger partial charge in [-0.25, -0.2) is 0 Å². The zero-order chi connectivity index (χ0) is 22.8. The van der Waals surface area contributed by atoms with Crippen molar-refractivity contribution >= 4 is 23.2 Å². The van der Waals surface area contributed by atoms with Crippen LogP contribution in [0.25, 0.3) is 0 Å². The summed E-state index contributed by atoms with van der Waals surface area (Å²) in [4.78, 5) is 14.3. The van der Waals surface area contributed by atoms with Gasteiger partial charge >= 0.3 is 12.4 Å². The van der Waals surface area contributed by atoms with Crippen molar-refractivity contribution in [2.45, 2.75) is 37.7 Å². The highest BCUT2D eigenvalue weighted by Crippen LogP contribution is 2.39. The van der Waals surface area contributed by atoms with E-state index < -0.39 is 35.1 Å². The maximum absolute atomic E-state index is 13.2. The summed E-state index contributed by atoms with van der Waals surface area (Å²) in [5.41, 5.74) is -1.71. The lowest BCUT2D eigenvalue weighted by molar-refractivity contribution is -0.138. The van der Waals surface area contributed by atoms with Gasteiger partial charge in [-0.2, -0.15) is 26.3 Å². The molecule has 2 aromatic carbocycles. The minimum atomic E-state index is -4.69. The normalized spacial score (nSPS) is 18.1. The van der Waals surface area contributed by atoms with E-state index in [1.54, 1.807) is 4.90 Å². The molecule has 1 unspecified atom stereocenters. The lowest BCUT2D eigenvalue weighted by Crippen LogP contribution is -2.39. The molecular formula is C21H19ClF6N2O. The number of rotatable bonds is 4. The van der Waals surface area contributed by atoms with Gasteiger partial charge < -0.3 is 5.32 Å². The third-order valence-corrected chi connectivity index (χ3v) is 5.48. The number of hydrogen-bond acceptors (Lipinski definition) is 2. The van der Waals surface area contributed by atoms with E-state index in [1.165, 1.54) is 18.2 Å². The molecule has 1 atom stereocenters. The molecule has 1 amide bonds. The SMILES string of the molecule is O=C(CN1CCCCC1c1ccc(C(F)(F)F)cc1)Nc1c(Cl)cccc1C(F)(F)F. The van der Waals surface area contributed by atoms with Gasteiger partial charge in [-0.3, -0.25) is 9.69 Å². The van der Waals surface area contributed by atoms with E-state index in [0.29, 0.717) is 18.5 Å². The fourth-order valence-electron chi connectivity index (χ4n) is 3.70. The zero-order valence-electron chi connectivity index (χ0n) is 16.2. The standard InChI is InChI=1S/C21H19ClF6N2O/c22-16-5-3-4-15(21(26,27)28)19(16)29-18(31)12-30-11-2-1-6-17(30)13-7-9-14(10-8-13)20(23,24)25/h3-5,7-10,17H,1-2,6,11-12H2,(H,29,31). The molecular weight excluding hydrogens is 446 g/mol. The van der Waals surface area contributed by atoms with E-state index in [4.69, 9.17) is 11.6 Å². The summed E-state index contributed by atoms with van der Waals surface area (Å²) >= 11 is 5.88. The van der Waals surface area contributed by atoms with Crippen molar-refractivity contribution in [3.05, 3.63) is 64.2 Å². The number of likely N-dealkylation sites (tertiary alicyclic amines) is 1. The molecule has 31 heavy (non-hydrogen) atoms. The van der Waals surface area contributed by atoms with Crippen molar-refractivity contribution in [2.24, 2.45) is 0 Å². The predicted molar refractivity (Wildman–Crippen MR) is 105 cm³/mol. The summed E-state index contributed by atoms with van der Waals surface area (Å²) in [5, 5.41) is 2.02. The summed E-state index contributed by atoms with van der Waals surface area (Å²) in [6.45, 7) is 0.280. The predicted octanol–water partition coefficient (Wildman–Crippen LogP) is 6.54. The van der Waals surface area contributed by atoms with Gasteiger partial charge in [0.2, 0.25) is 5.91 Å². The van der Waals surface area contributed by atoms with Crippen molar-refractivity contribution in [3.63, 3.8) is 0 Å². The van der Waals surface area contributed by atoms with Gasteiger partial charge in [-0.15, -0.1) is 0 Å². The summed E-state index contributed by atoms with van der Waals surface area (Å²) < 4.78 is 78.1. The summed E-state index contributed by atoms with van der Waals surface area (Å²) in [7, 11) is 0. The van der Waals surface area contributed by atoms with Crippen molar-refractivity contribution in [3.8, 4) is 0 Å². The van der Waals surface area contributed by atoms with E-state index in [-0.39, 0.29) is 17.6 Å². The average Bonchev–Trinajstić information content (AvgIpc) is 2.68. The molecule has 1 aliphatic heterocycles. The molecule has 1 heterocycles. The number of carbonyl (C=O) groups excluding carboxylic acids is 1. The van der Waals surface area contributed by atoms with Crippen molar-refractivity contribution in [1.29, 1.82) is 0 Å². The molecule has 10 heteroatoms. The minimum Gasteiger partial charge on any atom is -0.323 e. The Labute approximate surface area is 180 Å². The van der Waals surface area contributed by atoms with Crippen LogP contribution in [0, 0.1) is 0 Å². The molecule has 0 spiro atoms. The monoisotopic (exact) mass is 464 g/mol. The van der Waals surface area contributed by atoms with Crippen molar-refractivity contribution in [2.75, 3.05) is 18.4 Å². The van der Waals surface area contributed by atoms with Crippen LogP contribution in [0.5, 0.6) is 0 Å². The minimum absolute atomic E-state index is 0.214. The van der Waals surface area contributed by atoms with Gasteiger partial charge in [0.25, 0.3) is 0 Å². The Morgan fingerprint density at radius 2 is 1.68 bits per heavy atom. The number of benzene rings is 2. The Hall–Kier alpha value is -2.26. The molecule has 0 saturated carbocycles.